The van der Waals surface area contributed by atoms with Gasteiger partial charge in [-0.3, -0.25) is 0 Å². The van der Waals surface area contributed by atoms with Crippen molar-refractivity contribution in [3.63, 3.8) is 0 Å². The summed E-state index contributed by atoms with van der Waals surface area (Å²) in [5.41, 5.74) is 0.585. The van der Waals surface area contributed by atoms with Gasteiger partial charge in [0.25, 0.3) is 0 Å². The summed E-state index contributed by atoms with van der Waals surface area (Å²) in [5, 5.41) is 2.86. The molecule has 1 saturated heterocycles. The van der Waals surface area contributed by atoms with E-state index in [4.69, 9.17) is 9.47 Å². The largest absolute Gasteiger partial charge is 0.357 e. The lowest BCUT2D eigenvalue weighted by atomic mass is 10.1. The zero-order chi connectivity index (χ0) is 15.5. The maximum Gasteiger partial charge on any atom is 0.317 e. The third kappa shape index (κ3) is 7.29. The molecular weight excluding hydrogens is 284 g/mol. The molecule has 0 bridgehead atoms. The number of nitrogens with one attached hydrogen (secondary N) is 1. The molecule has 1 heterocycles. The van der Waals surface area contributed by atoms with E-state index in [-0.39, 0.29) is 11.9 Å². The maximum atomic E-state index is 11.6. The minimum atomic E-state index is -0.0748. The number of amides is 2. The Kier molecular flexibility index (Phi) is 9.70. The molecule has 6 heteroatoms. The van der Waals surface area contributed by atoms with Gasteiger partial charge in [0.1, 0.15) is 15.4 Å². The molecule has 1 N–H and O–H groups in total. The number of carbonyl (C=O) groups is 1. The van der Waals surface area contributed by atoms with Gasteiger partial charge in [0.05, 0.1) is 0 Å². The number of hydrogen-bond donors (Lipinski definition) is 1. The lowest BCUT2D eigenvalue weighted by molar-refractivity contribution is -0.0835. The smallest absolute Gasteiger partial charge is 0.317 e. The van der Waals surface area contributed by atoms with E-state index in [1.165, 1.54) is 19.3 Å². The van der Waals surface area contributed by atoms with E-state index in [1.54, 1.807) is 0 Å². The highest BCUT2D eigenvalue weighted by Crippen LogP contribution is 2.21. The highest BCUT2D eigenvalue weighted by atomic mass is 28.2. The van der Waals surface area contributed by atoms with Crippen molar-refractivity contribution in [2.24, 2.45) is 0 Å². The molecule has 0 spiro atoms. The normalized spacial score (nSPS) is 16.6. The lowest BCUT2D eigenvalue weighted by Gasteiger charge is -2.24. The monoisotopic (exact) mass is 314 g/mol. The van der Waals surface area contributed by atoms with Crippen LogP contribution < -0.4 is 5.32 Å². The SMILES string of the molecule is CCCCC(CCN1CCNC1=O)[Si]C(OCC)OCC. The van der Waals surface area contributed by atoms with Gasteiger partial charge in [-0.25, -0.2) is 4.79 Å². The summed E-state index contributed by atoms with van der Waals surface area (Å²) in [5.74, 6) is -0.0748. The van der Waals surface area contributed by atoms with Gasteiger partial charge in [0.2, 0.25) is 0 Å². The minimum Gasteiger partial charge on any atom is -0.357 e. The number of urea groups is 1. The van der Waals surface area contributed by atoms with E-state index in [0.29, 0.717) is 28.3 Å². The molecule has 0 aromatic heterocycles. The number of rotatable bonds is 12. The predicted octanol–water partition coefficient (Wildman–Crippen LogP) is 2.44. The van der Waals surface area contributed by atoms with Crippen LogP contribution in [0.25, 0.3) is 0 Å². The second-order valence-corrected chi connectivity index (χ2v) is 6.88. The molecule has 2 amide bonds. The summed E-state index contributed by atoms with van der Waals surface area (Å²) in [4.78, 5) is 13.5. The van der Waals surface area contributed by atoms with Gasteiger partial charge in [-0.05, 0) is 25.8 Å². The quantitative estimate of drug-likeness (QED) is 0.445. The summed E-state index contributed by atoms with van der Waals surface area (Å²) in [7, 11) is 0.650. The minimum absolute atomic E-state index is 0.0748. The van der Waals surface area contributed by atoms with Crippen molar-refractivity contribution in [2.75, 3.05) is 32.8 Å². The van der Waals surface area contributed by atoms with Gasteiger partial charge >= 0.3 is 6.03 Å². The van der Waals surface area contributed by atoms with Gasteiger partial charge in [-0.1, -0.05) is 26.2 Å². The predicted molar refractivity (Wildman–Crippen MR) is 85.7 cm³/mol. The topological polar surface area (TPSA) is 50.8 Å². The van der Waals surface area contributed by atoms with Crippen LogP contribution in [0.2, 0.25) is 5.54 Å². The standard InChI is InChI=1S/C15H30N2O3Si/c1-4-7-8-13(21-15(19-5-2)20-6-3)9-11-17-12-10-16-14(17)18/h13,15H,4-12H2,1-3H3,(H,16,18). The van der Waals surface area contributed by atoms with Crippen LogP contribution in [0.5, 0.6) is 0 Å². The van der Waals surface area contributed by atoms with Crippen molar-refractivity contribution in [1.29, 1.82) is 0 Å². The van der Waals surface area contributed by atoms with E-state index < -0.39 is 0 Å². The number of unbranched alkanes of at least 4 members (excludes halogenated alkanes) is 1. The van der Waals surface area contributed by atoms with Crippen molar-refractivity contribution >= 4 is 15.6 Å². The van der Waals surface area contributed by atoms with Crippen molar-refractivity contribution in [2.45, 2.75) is 57.9 Å². The first-order chi connectivity index (χ1) is 10.2. The van der Waals surface area contributed by atoms with Crippen LogP contribution in [0.1, 0.15) is 46.5 Å². The van der Waals surface area contributed by atoms with E-state index in [2.05, 4.69) is 12.2 Å². The second kappa shape index (κ2) is 11.0. The van der Waals surface area contributed by atoms with Crippen LogP contribution in [0.3, 0.4) is 0 Å². The van der Waals surface area contributed by atoms with Crippen LogP contribution in [-0.2, 0) is 9.47 Å². The molecular formula is C15H30N2O3Si. The highest BCUT2D eigenvalue weighted by molar-refractivity contribution is 6.38. The Morgan fingerprint density at radius 1 is 1.24 bits per heavy atom. The number of hydrogen-bond acceptors (Lipinski definition) is 3. The van der Waals surface area contributed by atoms with Crippen molar-refractivity contribution in [3.8, 4) is 0 Å². The van der Waals surface area contributed by atoms with Crippen LogP contribution in [-0.4, -0.2) is 59.2 Å². The highest BCUT2D eigenvalue weighted by Gasteiger charge is 2.23. The molecule has 1 aliphatic heterocycles. The van der Waals surface area contributed by atoms with E-state index in [1.807, 2.05) is 18.7 Å². The summed E-state index contributed by atoms with van der Waals surface area (Å²) in [6.07, 6.45) is 4.68. The fourth-order valence-electron chi connectivity index (χ4n) is 2.44. The Bertz CT molecular complexity index is 286. The van der Waals surface area contributed by atoms with Gasteiger partial charge in [-0.15, -0.1) is 0 Å². The molecule has 0 aromatic rings. The molecule has 0 saturated carbocycles. The molecule has 122 valence electrons. The van der Waals surface area contributed by atoms with Gasteiger partial charge in [-0.2, -0.15) is 0 Å². The second-order valence-electron chi connectivity index (χ2n) is 5.26. The van der Waals surface area contributed by atoms with Crippen LogP contribution in [0, 0.1) is 0 Å². The zero-order valence-corrected chi connectivity index (χ0v) is 14.7. The van der Waals surface area contributed by atoms with Crippen LogP contribution in [0.15, 0.2) is 0 Å². The van der Waals surface area contributed by atoms with Gasteiger partial charge in [0.15, 0.2) is 0 Å². The van der Waals surface area contributed by atoms with E-state index in [9.17, 15) is 4.79 Å². The Morgan fingerprint density at radius 2 is 1.95 bits per heavy atom. The number of nitrogens with zero attached hydrogens (tertiary/aromatic N) is 1. The van der Waals surface area contributed by atoms with E-state index in [0.717, 1.165) is 26.1 Å². The third-order valence-corrected chi connectivity index (χ3v) is 5.26. The Balaban J connectivity index is 2.42. The third-order valence-electron chi connectivity index (χ3n) is 3.61. The maximum absolute atomic E-state index is 11.6. The Hall–Kier alpha value is -0.593. The van der Waals surface area contributed by atoms with Gasteiger partial charge in [0, 0.05) is 32.8 Å². The van der Waals surface area contributed by atoms with Crippen LogP contribution in [0.4, 0.5) is 4.79 Å². The molecule has 1 rings (SSSR count). The summed E-state index contributed by atoms with van der Waals surface area (Å²) >= 11 is 0. The average Bonchev–Trinajstić information content (AvgIpc) is 2.87. The molecule has 5 nitrogen and oxygen atoms in total. The first-order valence-electron chi connectivity index (χ1n) is 8.23. The molecule has 1 fully saturated rings. The fourth-order valence-corrected chi connectivity index (χ4v) is 4.01. The molecule has 1 atom stereocenters. The molecule has 1 aliphatic rings. The summed E-state index contributed by atoms with van der Waals surface area (Å²) < 4.78 is 11.4. The van der Waals surface area contributed by atoms with Gasteiger partial charge < -0.3 is 19.7 Å². The molecule has 1 unspecified atom stereocenters. The Labute approximate surface area is 131 Å². The summed E-state index contributed by atoms with van der Waals surface area (Å²) in [6, 6.07) is 0.0822. The first kappa shape index (κ1) is 18.5. The molecule has 0 aromatic carbocycles. The number of carbonyl (C=O) groups excluding carboxylic acids is 1. The van der Waals surface area contributed by atoms with Crippen molar-refractivity contribution in [1.82, 2.24) is 10.2 Å². The Morgan fingerprint density at radius 3 is 2.48 bits per heavy atom. The summed E-state index contributed by atoms with van der Waals surface area (Å²) in [6.45, 7) is 10.1. The molecule has 21 heavy (non-hydrogen) atoms. The van der Waals surface area contributed by atoms with E-state index >= 15 is 0 Å². The molecule has 0 aliphatic carbocycles. The van der Waals surface area contributed by atoms with Crippen molar-refractivity contribution < 1.29 is 14.3 Å². The number of ether oxygens (including phenoxy) is 2. The molecule has 2 radical (unpaired) electrons. The van der Waals surface area contributed by atoms with Crippen LogP contribution >= 0.6 is 0 Å². The average molecular weight is 315 g/mol. The zero-order valence-electron chi connectivity index (χ0n) is 13.7. The first-order valence-corrected chi connectivity index (χ1v) is 9.38. The van der Waals surface area contributed by atoms with Crippen molar-refractivity contribution in [3.05, 3.63) is 0 Å². The fraction of sp³-hybridized carbons (Fsp3) is 0.933. The lowest BCUT2D eigenvalue weighted by Crippen LogP contribution is -2.32.